The Morgan fingerprint density at radius 1 is 1.17 bits per heavy atom. The third-order valence-corrected chi connectivity index (χ3v) is 7.41. The molecule has 1 amide bonds. The van der Waals surface area contributed by atoms with E-state index in [2.05, 4.69) is 10.3 Å². The maximum Gasteiger partial charge on any atom is 0.269 e. The smallest absolute Gasteiger partial charge is 0.269 e. The van der Waals surface area contributed by atoms with Crippen LogP contribution in [0.3, 0.4) is 0 Å². The summed E-state index contributed by atoms with van der Waals surface area (Å²) in [5, 5.41) is 13.6. The highest BCUT2D eigenvalue weighted by atomic mass is 32.2. The maximum atomic E-state index is 12.7. The van der Waals surface area contributed by atoms with E-state index in [0.717, 1.165) is 29.0 Å². The summed E-state index contributed by atoms with van der Waals surface area (Å²) in [7, 11) is -3.89. The lowest BCUT2D eigenvalue weighted by molar-refractivity contribution is -0.384. The number of nitro groups is 1. The molecule has 29 heavy (non-hydrogen) atoms. The highest BCUT2D eigenvalue weighted by Gasteiger charge is 2.24. The van der Waals surface area contributed by atoms with Crippen molar-refractivity contribution in [3.63, 3.8) is 0 Å². The third kappa shape index (κ3) is 4.49. The fourth-order valence-electron chi connectivity index (χ4n) is 2.75. The monoisotopic (exact) mass is 431 g/mol. The lowest BCUT2D eigenvalue weighted by atomic mass is 9.96. The van der Waals surface area contributed by atoms with Crippen LogP contribution < -0.4 is 5.32 Å². The molecule has 1 aromatic heterocycles. The number of non-ortho nitro benzene ring substituents is 1. The van der Waals surface area contributed by atoms with E-state index < -0.39 is 14.8 Å². The lowest BCUT2D eigenvalue weighted by Crippen LogP contribution is -2.20. The number of thiazole rings is 1. The minimum atomic E-state index is -3.89. The topological polar surface area (TPSA) is 119 Å². The standard InChI is InChI=1S/C19H17N3O5S2/c1-2-16(13-6-4-3-5-7-13)18(23)21-19-20-12-17(28-19)29(26,27)15-10-8-14(9-11-15)22(24)25/h3-12,16H,2H2,1H3,(H,20,21,23). The second-order valence-electron chi connectivity index (χ2n) is 6.10. The van der Waals surface area contributed by atoms with Crippen molar-refractivity contribution >= 4 is 37.9 Å². The van der Waals surface area contributed by atoms with E-state index in [1.807, 2.05) is 37.3 Å². The van der Waals surface area contributed by atoms with Gasteiger partial charge in [-0.1, -0.05) is 48.6 Å². The number of aromatic nitrogens is 1. The predicted molar refractivity (Wildman–Crippen MR) is 109 cm³/mol. The normalized spacial score (nSPS) is 12.3. The summed E-state index contributed by atoms with van der Waals surface area (Å²) in [6.07, 6.45) is 1.75. The van der Waals surface area contributed by atoms with Crippen LogP contribution in [0.25, 0.3) is 0 Å². The quantitative estimate of drug-likeness (QED) is 0.446. The Labute approximate surface area is 171 Å². The summed E-state index contributed by atoms with van der Waals surface area (Å²) < 4.78 is 25.4. The summed E-state index contributed by atoms with van der Waals surface area (Å²) in [5.41, 5.74) is 0.663. The molecule has 150 valence electrons. The summed E-state index contributed by atoms with van der Waals surface area (Å²) in [5.74, 6) is -0.651. The minimum Gasteiger partial charge on any atom is -0.301 e. The minimum absolute atomic E-state index is 0.0607. The molecular weight excluding hydrogens is 414 g/mol. The molecule has 0 aliphatic carbocycles. The third-order valence-electron chi connectivity index (χ3n) is 4.26. The first kappa shape index (κ1) is 20.6. The number of nitro benzene ring substituents is 1. The number of nitrogens with zero attached hydrogens (tertiary/aromatic N) is 2. The fourth-order valence-corrected chi connectivity index (χ4v) is 5.19. The van der Waals surface area contributed by atoms with Gasteiger partial charge >= 0.3 is 0 Å². The molecule has 8 nitrogen and oxygen atoms in total. The van der Waals surface area contributed by atoms with E-state index in [-0.39, 0.29) is 31.7 Å². The number of hydrogen-bond acceptors (Lipinski definition) is 7. The van der Waals surface area contributed by atoms with Crippen LogP contribution in [0.2, 0.25) is 0 Å². The van der Waals surface area contributed by atoms with Crippen LogP contribution in [0, 0.1) is 10.1 Å². The Balaban J connectivity index is 1.79. The van der Waals surface area contributed by atoms with Gasteiger partial charge in [0.15, 0.2) is 5.13 Å². The van der Waals surface area contributed by atoms with Crippen LogP contribution in [0.15, 0.2) is 69.9 Å². The molecule has 1 unspecified atom stereocenters. The largest absolute Gasteiger partial charge is 0.301 e. The van der Waals surface area contributed by atoms with Gasteiger partial charge in [-0.3, -0.25) is 14.9 Å². The average molecular weight is 431 g/mol. The van der Waals surface area contributed by atoms with E-state index >= 15 is 0 Å². The van der Waals surface area contributed by atoms with Gasteiger partial charge in [-0.2, -0.15) is 0 Å². The van der Waals surface area contributed by atoms with Crippen LogP contribution in [0.1, 0.15) is 24.8 Å². The molecule has 3 aromatic rings. The second kappa shape index (κ2) is 8.50. The molecule has 0 spiro atoms. The van der Waals surface area contributed by atoms with Gasteiger partial charge in [-0.25, -0.2) is 13.4 Å². The van der Waals surface area contributed by atoms with Crippen molar-refractivity contribution in [1.82, 2.24) is 4.98 Å². The molecule has 1 atom stereocenters. The molecule has 0 bridgehead atoms. The molecule has 0 aliphatic rings. The molecule has 10 heteroatoms. The Bertz CT molecular complexity index is 1130. The molecule has 0 aliphatic heterocycles. The van der Waals surface area contributed by atoms with Gasteiger partial charge in [-0.15, -0.1) is 0 Å². The predicted octanol–water partition coefficient (Wildman–Crippen LogP) is 4.02. The summed E-state index contributed by atoms with van der Waals surface area (Å²) >= 11 is 0.832. The number of carbonyl (C=O) groups is 1. The highest BCUT2D eigenvalue weighted by molar-refractivity contribution is 7.93. The van der Waals surface area contributed by atoms with E-state index in [1.165, 1.54) is 18.3 Å². The van der Waals surface area contributed by atoms with Crippen molar-refractivity contribution in [1.29, 1.82) is 0 Å². The van der Waals surface area contributed by atoms with E-state index in [0.29, 0.717) is 6.42 Å². The first-order valence-electron chi connectivity index (χ1n) is 8.64. The van der Waals surface area contributed by atoms with Gasteiger partial charge in [-0.05, 0) is 24.1 Å². The zero-order valence-corrected chi connectivity index (χ0v) is 16.9. The maximum absolute atomic E-state index is 12.7. The van der Waals surface area contributed by atoms with Crippen LogP contribution >= 0.6 is 11.3 Å². The van der Waals surface area contributed by atoms with Crippen molar-refractivity contribution in [3.8, 4) is 0 Å². The molecule has 0 saturated heterocycles. The Kier molecular flexibility index (Phi) is 6.04. The Hall–Kier alpha value is -3.11. The van der Waals surface area contributed by atoms with Crippen molar-refractivity contribution in [2.24, 2.45) is 0 Å². The number of anilines is 1. The molecule has 3 rings (SSSR count). The highest BCUT2D eigenvalue weighted by Crippen LogP contribution is 2.30. The lowest BCUT2D eigenvalue weighted by Gasteiger charge is -2.13. The van der Waals surface area contributed by atoms with Crippen molar-refractivity contribution in [2.75, 3.05) is 5.32 Å². The number of hydrogen-bond donors (Lipinski definition) is 1. The zero-order valence-electron chi connectivity index (χ0n) is 15.3. The number of amides is 1. The summed E-state index contributed by atoms with van der Waals surface area (Å²) in [6, 6.07) is 13.9. The number of nitrogens with one attached hydrogen (secondary N) is 1. The van der Waals surface area contributed by atoms with Crippen LogP contribution in [-0.4, -0.2) is 24.2 Å². The van der Waals surface area contributed by atoms with Crippen molar-refractivity contribution in [2.45, 2.75) is 28.4 Å². The molecular formula is C19H17N3O5S2. The molecule has 1 N–H and O–H groups in total. The number of rotatable bonds is 7. The molecule has 0 saturated carbocycles. The Morgan fingerprint density at radius 2 is 1.83 bits per heavy atom. The fraction of sp³-hybridized carbons (Fsp3) is 0.158. The number of carbonyl (C=O) groups excluding carboxylic acids is 1. The second-order valence-corrected chi connectivity index (χ2v) is 9.31. The summed E-state index contributed by atoms with van der Waals surface area (Å²) in [6.45, 7) is 1.89. The molecule has 0 fully saturated rings. The van der Waals surface area contributed by atoms with Gasteiger partial charge < -0.3 is 5.32 Å². The van der Waals surface area contributed by atoms with Gasteiger partial charge in [0.1, 0.15) is 4.21 Å². The van der Waals surface area contributed by atoms with E-state index in [1.54, 1.807) is 0 Å². The summed E-state index contributed by atoms with van der Waals surface area (Å²) in [4.78, 5) is 26.7. The van der Waals surface area contributed by atoms with E-state index in [4.69, 9.17) is 0 Å². The molecule has 2 aromatic carbocycles. The van der Waals surface area contributed by atoms with Crippen molar-refractivity contribution in [3.05, 3.63) is 76.5 Å². The van der Waals surface area contributed by atoms with Gasteiger partial charge in [0.25, 0.3) is 5.69 Å². The first-order chi connectivity index (χ1) is 13.8. The van der Waals surface area contributed by atoms with Crippen molar-refractivity contribution < 1.29 is 18.1 Å². The molecule has 0 radical (unpaired) electrons. The molecule has 1 heterocycles. The number of sulfone groups is 1. The first-order valence-corrected chi connectivity index (χ1v) is 10.9. The Morgan fingerprint density at radius 3 is 2.41 bits per heavy atom. The zero-order chi connectivity index (χ0) is 21.0. The van der Waals surface area contributed by atoms with Crippen LogP contribution in [0.4, 0.5) is 10.8 Å². The van der Waals surface area contributed by atoms with Crippen LogP contribution in [0.5, 0.6) is 0 Å². The van der Waals surface area contributed by atoms with Gasteiger partial charge in [0.05, 0.1) is 21.9 Å². The average Bonchev–Trinajstić information content (AvgIpc) is 3.19. The SMILES string of the molecule is CCC(C(=O)Nc1ncc(S(=O)(=O)c2ccc([N+](=O)[O-])cc2)s1)c1ccccc1. The van der Waals surface area contributed by atoms with Crippen LogP contribution in [-0.2, 0) is 14.6 Å². The van der Waals surface area contributed by atoms with Gasteiger partial charge in [0.2, 0.25) is 15.7 Å². The number of benzene rings is 2. The van der Waals surface area contributed by atoms with E-state index in [9.17, 15) is 23.3 Å². The van der Waals surface area contributed by atoms with Gasteiger partial charge in [0, 0.05) is 12.1 Å².